The molecule has 0 atom stereocenters. The Morgan fingerprint density at radius 3 is 2.03 bits per heavy atom. The number of hydrogen-bond acceptors (Lipinski definition) is 2. The van der Waals surface area contributed by atoms with Crippen LogP contribution >= 0.6 is 0 Å². The van der Waals surface area contributed by atoms with Crippen molar-refractivity contribution < 1.29 is 26.7 Å². The van der Waals surface area contributed by atoms with E-state index in [0.717, 1.165) is 39.0 Å². The number of nitrogens with zero attached hydrogens (tertiary/aromatic N) is 2. The Labute approximate surface area is 203 Å². The summed E-state index contributed by atoms with van der Waals surface area (Å²) in [6, 6.07) is 29.4. The Hall–Kier alpha value is -4.34. The van der Waals surface area contributed by atoms with Crippen LogP contribution in [0, 0.1) is 6.92 Å². The summed E-state index contributed by atoms with van der Waals surface area (Å²) in [6.07, 6.45) is 0. The highest BCUT2D eigenvalue weighted by molar-refractivity contribution is 6.50. The lowest BCUT2D eigenvalue weighted by atomic mass is 10.1. The van der Waals surface area contributed by atoms with Gasteiger partial charge in [-0.05, 0) is 31.2 Å². The van der Waals surface area contributed by atoms with Crippen molar-refractivity contribution in [2.75, 3.05) is 0 Å². The summed E-state index contributed by atoms with van der Waals surface area (Å²) in [5.74, 6) is 0.735. The van der Waals surface area contributed by atoms with Gasteiger partial charge in [0.15, 0.2) is 0 Å². The molecule has 5 nitrogen and oxygen atoms in total. The lowest BCUT2D eigenvalue weighted by Crippen LogP contribution is -2.72. The maximum atomic E-state index is 13.4. The standard InChI is InChI=1S/C26H21N3O2.BF4/c1-18-25(26(30)29(28(18)2)20-13-7-4-8-14-20)27-22-17-24(19-11-5-3-6-12-19)31-23-16-10-9-15-21(22)23;2-1(3,4)5/h3-17H,1-2H3;/q;-1/p+1. The van der Waals surface area contributed by atoms with Crippen LogP contribution in [-0.4, -0.2) is 16.6 Å². The average Bonchev–Trinajstić information content (AvgIpc) is 3.07. The molecule has 0 amide bonds. The van der Waals surface area contributed by atoms with E-state index in [0.29, 0.717) is 5.69 Å². The number of nitrogens with one attached hydrogen (secondary N) is 1. The second kappa shape index (κ2) is 10.1. The first kappa shape index (κ1) is 24.8. The SMILES string of the molecule is Cc1c([NH+]=c2cc(-c3ccccc3)oc3ccccc23)c(=O)n(-c2ccccc2)n1C.F[B-](F)(F)F. The quantitative estimate of drug-likeness (QED) is 0.296. The molecule has 0 spiro atoms. The van der Waals surface area contributed by atoms with Gasteiger partial charge in [-0.15, -0.1) is 0 Å². The highest BCUT2D eigenvalue weighted by Crippen LogP contribution is 2.21. The van der Waals surface area contributed by atoms with Crippen LogP contribution in [0.2, 0.25) is 0 Å². The Bertz CT molecular complexity index is 1620. The maximum absolute atomic E-state index is 13.4. The van der Waals surface area contributed by atoms with Crippen LogP contribution in [0.1, 0.15) is 5.69 Å². The monoisotopic (exact) mass is 495 g/mol. The third-order valence-electron chi connectivity index (χ3n) is 5.54. The van der Waals surface area contributed by atoms with Gasteiger partial charge in [0, 0.05) is 12.6 Å². The van der Waals surface area contributed by atoms with Crippen LogP contribution in [0.25, 0.3) is 28.0 Å². The second-order valence-electron chi connectivity index (χ2n) is 7.94. The number of aromatic nitrogens is 2. The smallest absolute Gasteiger partial charge is 0.456 e. The third-order valence-corrected chi connectivity index (χ3v) is 5.54. The molecule has 0 radical (unpaired) electrons. The molecule has 36 heavy (non-hydrogen) atoms. The molecular formula is C26H22BF4N3O2. The van der Waals surface area contributed by atoms with Gasteiger partial charge >= 0.3 is 12.8 Å². The van der Waals surface area contributed by atoms with E-state index in [1.807, 2.05) is 110 Å². The molecule has 2 heterocycles. The highest BCUT2D eigenvalue weighted by Gasteiger charge is 2.21. The van der Waals surface area contributed by atoms with Gasteiger partial charge in [-0.3, -0.25) is 9.48 Å². The van der Waals surface area contributed by atoms with Crippen molar-refractivity contribution in [3.05, 3.63) is 112 Å². The largest absolute Gasteiger partial charge is 0.673 e. The van der Waals surface area contributed by atoms with E-state index in [9.17, 15) is 22.1 Å². The number of rotatable bonds is 3. The Kier molecular flexibility index (Phi) is 6.96. The van der Waals surface area contributed by atoms with Gasteiger partial charge in [0.05, 0.1) is 17.1 Å². The van der Waals surface area contributed by atoms with Gasteiger partial charge < -0.3 is 21.7 Å². The zero-order chi connectivity index (χ0) is 25.9. The highest BCUT2D eigenvalue weighted by atomic mass is 19.5. The normalized spacial score (nSPS) is 11.9. The summed E-state index contributed by atoms with van der Waals surface area (Å²) in [5.41, 5.74) is 3.84. The fourth-order valence-corrected chi connectivity index (χ4v) is 3.83. The minimum atomic E-state index is -6.00. The molecule has 1 N–H and O–H groups in total. The van der Waals surface area contributed by atoms with Gasteiger partial charge in [0.1, 0.15) is 17.0 Å². The molecule has 3 aromatic carbocycles. The molecule has 2 aromatic heterocycles. The van der Waals surface area contributed by atoms with Gasteiger partial charge in [0.2, 0.25) is 5.36 Å². The number of benzene rings is 3. The Balaban J connectivity index is 0.000000556. The van der Waals surface area contributed by atoms with Gasteiger partial charge in [-0.2, -0.15) is 4.99 Å². The molecular weight excluding hydrogens is 473 g/mol. The van der Waals surface area contributed by atoms with Crippen molar-refractivity contribution >= 4 is 23.9 Å². The Morgan fingerprint density at radius 2 is 1.39 bits per heavy atom. The molecule has 0 aliphatic carbocycles. The maximum Gasteiger partial charge on any atom is 0.673 e. The van der Waals surface area contributed by atoms with Crippen molar-refractivity contribution in [1.29, 1.82) is 0 Å². The summed E-state index contributed by atoms with van der Waals surface area (Å²) in [7, 11) is -4.11. The fourth-order valence-electron chi connectivity index (χ4n) is 3.83. The molecule has 0 saturated heterocycles. The number of fused-ring (bicyclic) bond motifs is 1. The summed E-state index contributed by atoms with van der Waals surface area (Å²) in [5, 5.41) is 1.74. The van der Waals surface area contributed by atoms with E-state index in [-0.39, 0.29) is 5.56 Å². The molecule has 184 valence electrons. The van der Waals surface area contributed by atoms with Crippen molar-refractivity contribution in [3.63, 3.8) is 0 Å². The lowest BCUT2D eigenvalue weighted by molar-refractivity contribution is -0.402. The zero-order valence-corrected chi connectivity index (χ0v) is 19.5. The third kappa shape index (κ3) is 5.48. The predicted molar refractivity (Wildman–Crippen MR) is 131 cm³/mol. The summed E-state index contributed by atoms with van der Waals surface area (Å²) >= 11 is 0. The number of hydrogen-bond donors (Lipinski definition) is 1. The van der Waals surface area contributed by atoms with E-state index in [1.54, 1.807) is 4.68 Å². The molecule has 0 saturated carbocycles. The molecule has 0 bridgehead atoms. The van der Waals surface area contributed by atoms with E-state index in [1.165, 1.54) is 0 Å². The van der Waals surface area contributed by atoms with E-state index in [2.05, 4.69) is 4.99 Å². The fraction of sp³-hybridized carbons (Fsp3) is 0.0769. The zero-order valence-electron chi connectivity index (χ0n) is 19.5. The van der Waals surface area contributed by atoms with Gasteiger partial charge in [-0.1, -0.05) is 60.7 Å². The molecule has 0 aliphatic rings. The lowest BCUT2D eigenvalue weighted by Gasteiger charge is -2.06. The predicted octanol–water partition coefficient (Wildman–Crippen LogP) is 4.51. The topological polar surface area (TPSA) is 54.0 Å². The summed E-state index contributed by atoms with van der Waals surface area (Å²) in [6.45, 7) is 1.94. The number of halogens is 4. The van der Waals surface area contributed by atoms with E-state index in [4.69, 9.17) is 4.42 Å². The summed E-state index contributed by atoms with van der Waals surface area (Å²) < 4.78 is 48.7. The summed E-state index contributed by atoms with van der Waals surface area (Å²) in [4.78, 5) is 16.8. The molecule has 10 heteroatoms. The van der Waals surface area contributed by atoms with Crippen molar-refractivity contribution in [2.24, 2.45) is 7.05 Å². The first-order valence-corrected chi connectivity index (χ1v) is 11.0. The van der Waals surface area contributed by atoms with Crippen molar-refractivity contribution in [2.45, 2.75) is 6.92 Å². The van der Waals surface area contributed by atoms with Crippen LogP contribution in [-0.2, 0) is 7.05 Å². The van der Waals surface area contributed by atoms with E-state index >= 15 is 0 Å². The van der Waals surface area contributed by atoms with Crippen molar-refractivity contribution in [1.82, 2.24) is 9.36 Å². The first-order valence-electron chi connectivity index (χ1n) is 11.0. The average molecular weight is 495 g/mol. The van der Waals surface area contributed by atoms with Crippen LogP contribution < -0.4 is 15.9 Å². The molecule has 0 fully saturated rings. The van der Waals surface area contributed by atoms with Crippen LogP contribution in [0.3, 0.4) is 0 Å². The Morgan fingerprint density at radius 1 is 0.833 bits per heavy atom. The minimum absolute atomic E-state index is 0.0997. The van der Waals surface area contributed by atoms with Crippen molar-refractivity contribution in [3.8, 4) is 17.0 Å². The number of para-hydroxylation sites is 2. The minimum Gasteiger partial charge on any atom is -0.456 e. The van der Waals surface area contributed by atoms with Gasteiger partial charge in [-0.25, -0.2) is 4.68 Å². The van der Waals surface area contributed by atoms with Crippen LogP contribution in [0.4, 0.5) is 23.0 Å². The van der Waals surface area contributed by atoms with E-state index < -0.39 is 7.25 Å². The molecule has 0 unspecified atom stereocenters. The molecule has 5 rings (SSSR count). The first-order chi connectivity index (χ1) is 17.1. The van der Waals surface area contributed by atoms with Gasteiger partial charge in [0.25, 0.3) is 5.69 Å². The second-order valence-corrected chi connectivity index (χ2v) is 7.94. The molecule has 5 aromatic rings. The van der Waals surface area contributed by atoms with Crippen LogP contribution in [0.15, 0.2) is 100 Å². The molecule has 0 aliphatic heterocycles. The van der Waals surface area contributed by atoms with Crippen LogP contribution in [0.5, 0.6) is 0 Å².